The van der Waals surface area contributed by atoms with Crippen LogP contribution in [0.15, 0.2) is 18.2 Å². The van der Waals surface area contributed by atoms with Gasteiger partial charge in [0.15, 0.2) is 10.1 Å². The molecule has 19 heavy (non-hydrogen) atoms. The molecule has 0 bridgehead atoms. The Balaban J connectivity index is 0.000000399. The Labute approximate surface area is 127 Å². The Morgan fingerprint density at radius 1 is 1.37 bits per heavy atom. The van der Waals surface area contributed by atoms with E-state index >= 15 is 0 Å². The van der Waals surface area contributed by atoms with Crippen LogP contribution in [0.2, 0.25) is 0 Å². The summed E-state index contributed by atoms with van der Waals surface area (Å²) < 4.78 is 4.91. The van der Waals surface area contributed by atoms with Crippen LogP contribution in [-0.2, 0) is 0 Å². The predicted molar refractivity (Wildman–Crippen MR) is 76.2 cm³/mol. The third kappa shape index (κ3) is 4.91. The molecule has 0 fully saturated rings. The number of nitriles is 1. The second-order valence-corrected chi connectivity index (χ2v) is 6.51. The van der Waals surface area contributed by atoms with Crippen molar-refractivity contribution in [3.63, 3.8) is 0 Å². The standard InChI is InChI=1S/C12H11NO2.CHCl3/c1-12(2)6-10(14)9-5-8(7-13)3-4-11(9)15-12;2-1(3)4/h3-5H,6H2,1-2H3;1H. The molecular formula is C13H12Cl3NO2. The minimum Gasteiger partial charge on any atom is -0.487 e. The second kappa shape index (κ2) is 6.47. The van der Waals surface area contributed by atoms with Crippen molar-refractivity contribution in [1.82, 2.24) is 0 Å². The number of halogens is 3. The quantitative estimate of drug-likeness (QED) is 0.670. The number of carbonyl (C=O) groups is 1. The lowest BCUT2D eigenvalue weighted by Crippen LogP contribution is -2.35. The van der Waals surface area contributed by atoms with Crippen molar-refractivity contribution < 1.29 is 9.53 Å². The number of hydrogen-bond donors (Lipinski definition) is 0. The average Bonchev–Trinajstić information content (AvgIpc) is 2.26. The van der Waals surface area contributed by atoms with E-state index in [2.05, 4.69) is 0 Å². The van der Waals surface area contributed by atoms with Gasteiger partial charge in [0.05, 0.1) is 23.6 Å². The zero-order valence-electron chi connectivity index (χ0n) is 10.4. The van der Waals surface area contributed by atoms with E-state index in [1.807, 2.05) is 19.9 Å². The molecule has 6 heteroatoms. The van der Waals surface area contributed by atoms with E-state index in [4.69, 9.17) is 44.8 Å². The van der Waals surface area contributed by atoms with Crippen molar-refractivity contribution >= 4 is 40.6 Å². The molecule has 0 spiro atoms. The van der Waals surface area contributed by atoms with Gasteiger partial charge in [-0.25, -0.2) is 0 Å². The van der Waals surface area contributed by atoms with Crippen molar-refractivity contribution in [1.29, 1.82) is 5.26 Å². The fourth-order valence-corrected chi connectivity index (χ4v) is 1.72. The second-order valence-electron chi connectivity index (χ2n) is 4.53. The normalized spacial score (nSPS) is 15.7. The van der Waals surface area contributed by atoms with E-state index in [0.717, 1.165) is 0 Å². The van der Waals surface area contributed by atoms with E-state index in [0.29, 0.717) is 23.3 Å². The highest BCUT2D eigenvalue weighted by Gasteiger charge is 2.32. The summed E-state index contributed by atoms with van der Waals surface area (Å²) in [4.78, 5) is 11.8. The first-order valence-electron chi connectivity index (χ1n) is 5.44. The number of alkyl halides is 3. The van der Waals surface area contributed by atoms with Crippen LogP contribution in [0.25, 0.3) is 0 Å². The van der Waals surface area contributed by atoms with E-state index in [-0.39, 0.29) is 5.78 Å². The Bertz CT molecular complexity index is 518. The number of carbonyl (C=O) groups excluding carboxylic acids is 1. The number of hydrogen-bond acceptors (Lipinski definition) is 3. The van der Waals surface area contributed by atoms with Gasteiger partial charge < -0.3 is 4.74 Å². The van der Waals surface area contributed by atoms with Crippen LogP contribution in [0.3, 0.4) is 0 Å². The van der Waals surface area contributed by atoms with Crippen molar-refractivity contribution in [2.75, 3.05) is 0 Å². The highest BCUT2D eigenvalue weighted by molar-refractivity contribution is 6.63. The first-order valence-corrected chi connectivity index (χ1v) is 6.75. The summed E-state index contributed by atoms with van der Waals surface area (Å²) in [6.07, 6.45) is 0.356. The Morgan fingerprint density at radius 3 is 2.47 bits per heavy atom. The minimum atomic E-state index is -0.750. The van der Waals surface area contributed by atoms with Crippen LogP contribution in [-0.4, -0.2) is 15.7 Å². The largest absolute Gasteiger partial charge is 0.487 e. The van der Waals surface area contributed by atoms with Gasteiger partial charge in [0.1, 0.15) is 11.4 Å². The monoisotopic (exact) mass is 319 g/mol. The van der Waals surface area contributed by atoms with Gasteiger partial charge in [0.25, 0.3) is 0 Å². The van der Waals surface area contributed by atoms with E-state index in [9.17, 15) is 4.79 Å². The molecule has 1 aromatic carbocycles. The SMILES string of the molecule is CC1(C)CC(=O)c2cc(C#N)ccc2O1.ClC(Cl)Cl. The topological polar surface area (TPSA) is 50.1 Å². The van der Waals surface area contributed by atoms with Crippen molar-refractivity contribution in [3.8, 4) is 11.8 Å². The summed E-state index contributed by atoms with van der Waals surface area (Å²) in [6, 6.07) is 6.95. The maximum absolute atomic E-state index is 11.8. The van der Waals surface area contributed by atoms with Crippen molar-refractivity contribution in [2.45, 2.75) is 30.2 Å². The van der Waals surface area contributed by atoms with Crippen LogP contribution in [0.1, 0.15) is 36.2 Å². The molecule has 0 atom stereocenters. The molecule has 0 aliphatic carbocycles. The van der Waals surface area contributed by atoms with Crippen LogP contribution in [0.4, 0.5) is 0 Å². The highest BCUT2D eigenvalue weighted by Crippen LogP contribution is 2.33. The molecule has 0 aromatic heterocycles. The number of nitrogens with zero attached hydrogens (tertiary/aromatic N) is 1. The van der Waals surface area contributed by atoms with Gasteiger partial charge in [0.2, 0.25) is 0 Å². The van der Waals surface area contributed by atoms with Gasteiger partial charge in [-0.05, 0) is 32.0 Å². The molecule has 1 heterocycles. The number of fused-ring (bicyclic) bond motifs is 1. The zero-order chi connectivity index (χ0) is 14.6. The number of rotatable bonds is 0. The summed E-state index contributed by atoms with van der Waals surface area (Å²) in [5.41, 5.74) is 0.567. The van der Waals surface area contributed by atoms with Gasteiger partial charge in [0, 0.05) is 0 Å². The van der Waals surface area contributed by atoms with Crippen LogP contribution < -0.4 is 4.74 Å². The number of benzene rings is 1. The molecule has 0 amide bonds. The molecule has 0 unspecified atom stereocenters. The highest BCUT2D eigenvalue weighted by atomic mass is 35.6. The zero-order valence-corrected chi connectivity index (χ0v) is 12.7. The molecule has 0 saturated carbocycles. The van der Waals surface area contributed by atoms with E-state index in [1.165, 1.54) is 0 Å². The molecular weight excluding hydrogens is 309 g/mol. The summed E-state index contributed by atoms with van der Waals surface area (Å²) >= 11 is 14.4. The molecule has 3 nitrogen and oxygen atoms in total. The van der Waals surface area contributed by atoms with Crippen LogP contribution in [0.5, 0.6) is 5.75 Å². The molecule has 1 aliphatic heterocycles. The molecule has 0 radical (unpaired) electrons. The molecule has 1 aromatic rings. The van der Waals surface area contributed by atoms with Gasteiger partial charge in [-0.3, -0.25) is 4.79 Å². The molecule has 2 rings (SSSR count). The third-order valence-corrected chi connectivity index (χ3v) is 2.38. The third-order valence-electron chi connectivity index (χ3n) is 2.38. The Kier molecular flexibility index (Phi) is 5.49. The smallest absolute Gasteiger partial charge is 0.180 e. The first kappa shape index (κ1) is 16.1. The van der Waals surface area contributed by atoms with E-state index < -0.39 is 9.90 Å². The maximum Gasteiger partial charge on any atom is 0.180 e. The lowest BCUT2D eigenvalue weighted by Gasteiger charge is -2.31. The van der Waals surface area contributed by atoms with E-state index in [1.54, 1.807) is 18.2 Å². The Hall–Kier alpha value is -0.950. The summed E-state index contributed by atoms with van der Waals surface area (Å²) in [5.74, 6) is 0.619. The molecule has 0 saturated heterocycles. The molecule has 102 valence electrons. The maximum atomic E-state index is 11.8. The van der Waals surface area contributed by atoms with Gasteiger partial charge in [-0.15, -0.1) is 0 Å². The number of Topliss-reactive ketones (excluding diaryl/α,β-unsaturated/α-hetero) is 1. The Morgan fingerprint density at radius 2 is 1.95 bits per heavy atom. The van der Waals surface area contributed by atoms with Gasteiger partial charge in [-0.2, -0.15) is 5.26 Å². The minimum absolute atomic E-state index is 0.0401. The predicted octanol–water partition coefficient (Wildman–Crippen LogP) is 4.29. The number of ether oxygens (including phenoxy) is 1. The fraction of sp³-hybridized carbons (Fsp3) is 0.385. The summed E-state index contributed by atoms with van der Waals surface area (Å²) in [5, 5.41) is 8.73. The first-order chi connectivity index (χ1) is 8.75. The fourth-order valence-electron chi connectivity index (χ4n) is 1.72. The van der Waals surface area contributed by atoms with Gasteiger partial charge in [-0.1, -0.05) is 34.8 Å². The molecule has 0 N–H and O–H groups in total. The van der Waals surface area contributed by atoms with Crippen molar-refractivity contribution in [3.05, 3.63) is 29.3 Å². The number of ketones is 1. The van der Waals surface area contributed by atoms with Crippen LogP contribution in [0, 0.1) is 11.3 Å². The molecule has 1 aliphatic rings. The van der Waals surface area contributed by atoms with Crippen LogP contribution >= 0.6 is 34.8 Å². The summed E-state index contributed by atoms with van der Waals surface area (Å²) in [7, 11) is 0. The van der Waals surface area contributed by atoms with Gasteiger partial charge >= 0.3 is 0 Å². The van der Waals surface area contributed by atoms with Crippen molar-refractivity contribution in [2.24, 2.45) is 0 Å². The lowest BCUT2D eigenvalue weighted by molar-refractivity contribution is 0.0620. The lowest BCUT2D eigenvalue weighted by atomic mass is 9.92. The average molecular weight is 321 g/mol. The summed E-state index contributed by atoms with van der Waals surface area (Å²) in [6.45, 7) is 3.76.